The van der Waals surface area contributed by atoms with Crippen LogP contribution in [0.5, 0.6) is 0 Å². The van der Waals surface area contributed by atoms with Crippen LogP contribution in [0.4, 0.5) is 0 Å². The maximum absolute atomic E-state index is 0. The molecule has 6 heavy (non-hydrogen) atoms. The molecule has 0 amide bonds. The van der Waals surface area contributed by atoms with Crippen molar-refractivity contribution < 1.29 is 44.8 Å². The Morgan fingerprint density at radius 1 is 0.500 bits per heavy atom. The van der Waals surface area contributed by atoms with Crippen LogP contribution in [-0.2, 0) is 85.2 Å². The number of rotatable bonds is 0. The minimum atomic E-state index is 0. The first-order chi connectivity index (χ1) is 0. The van der Waals surface area contributed by atoms with E-state index in [9.17, 15) is 0 Å². The van der Waals surface area contributed by atoms with E-state index < -0.39 is 0 Å². The van der Waals surface area contributed by atoms with Gasteiger partial charge in [-0.3, -0.25) is 0 Å². The first kappa shape index (κ1) is 66.5. The molecule has 0 N–H and O–H groups in total. The third kappa shape index (κ3) is 28.7. The van der Waals surface area contributed by atoms with Gasteiger partial charge in [-0.2, -0.15) is 0 Å². The normalized spacial score (nSPS) is 0. The average molecular weight is 522 g/mol. The molecule has 0 aromatic carbocycles. The largest absolute Gasteiger partial charge is 3.00 e. The van der Waals surface area contributed by atoms with Crippen molar-refractivity contribution in [3.8, 4) is 0 Å². The van der Waals surface area contributed by atoms with E-state index >= 15 is 0 Å². The standard InChI is InChI=1S/2Au.4S/q2*+3;;3*-2. The second kappa shape index (κ2) is 45.0. The third-order valence-corrected chi connectivity index (χ3v) is 0. The summed E-state index contributed by atoms with van der Waals surface area (Å²) in [6, 6.07) is 0. The van der Waals surface area contributed by atoms with E-state index in [2.05, 4.69) is 0 Å². The van der Waals surface area contributed by atoms with Crippen molar-refractivity contribution in [2.24, 2.45) is 0 Å². The van der Waals surface area contributed by atoms with Crippen LogP contribution >= 0.6 is 13.5 Å². The zero-order chi connectivity index (χ0) is 0. The molecule has 0 saturated carbocycles. The summed E-state index contributed by atoms with van der Waals surface area (Å²) < 4.78 is 0. The van der Waals surface area contributed by atoms with Gasteiger partial charge in [-0.15, -0.1) is 0 Å². The fourth-order valence-electron chi connectivity index (χ4n) is 0. The summed E-state index contributed by atoms with van der Waals surface area (Å²) in [5.41, 5.74) is 0. The van der Waals surface area contributed by atoms with Crippen molar-refractivity contribution in [1.29, 1.82) is 0 Å². The van der Waals surface area contributed by atoms with Gasteiger partial charge in [0.25, 0.3) is 0 Å². The molecule has 0 aliphatic heterocycles. The van der Waals surface area contributed by atoms with Crippen molar-refractivity contribution in [2.45, 2.75) is 0 Å². The van der Waals surface area contributed by atoms with Gasteiger partial charge in [-0.05, 0) is 0 Å². The Kier molecular flexibility index (Phi) is 498. The average Bonchev–Trinajstić information content (AvgIpc) is 0. The molecule has 6 heteroatoms. The smallest absolute Gasteiger partial charge is 2.00 e. The summed E-state index contributed by atoms with van der Waals surface area (Å²) in [5, 5.41) is 0. The third-order valence-electron chi connectivity index (χ3n) is 0. The Bertz CT molecular complexity index is 5.51. The molecule has 0 fully saturated rings. The monoisotopic (exact) mass is 522 g/mol. The molecule has 0 aromatic rings. The van der Waals surface area contributed by atoms with Crippen molar-refractivity contribution >= 4 is 54.0 Å². The molecular formula is Au2S4. The number of hydrogen-bond acceptors (Lipinski definition) is 0. The van der Waals surface area contributed by atoms with E-state index in [0.29, 0.717) is 0 Å². The quantitative estimate of drug-likeness (QED) is 0.410. The van der Waals surface area contributed by atoms with Crippen LogP contribution in [0, 0.1) is 0 Å². The predicted molar refractivity (Wildman–Crippen MR) is 29.7 cm³/mol. The molecule has 0 aromatic heterocycles. The molecule has 2 radical (unpaired) electrons. The predicted octanol–water partition coefficient (Wildman–Crippen LogP) is 0.636. The molecule has 0 aliphatic rings. The summed E-state index contributed by atoms with van der Waals surface area (Å²) in [5.74, 6) is 0. The van der Waals surface area contributed by atoms with E-state index in [1.807, 2.05) is 0 Å². The molecule has 0 spiro atoms. The summed E-state index contributed by atoms with van der Waals surface area (Å²) in [4.78, 5) is 0. The van der Waals surface area contributed by atoms with Crippen LogP contribution in [0.15, 0.2) is 0 Å². The van der Waals surface area contributed by atoms with E-state index in [1.165, 1.54) is 0 Å². The molecule has 0 saturated heterocycles. The molecule has 0 atom stereocenters. The van der Waals surface area contributed by atoms with Gasteiger partial charge in [0.15, 0.2) is 0 Å². The minimum absolute atomic E-state index is 0. The van der Waals surface area contributed by atoms with Gasteiger partial charge in [0.2, 0.25) is 0 Å². The van der Waals surface area contributed by atoms with Crippen LogP contribution in [0.2, 0.25) is 0 Å². The van der Waals surface area contributed by atoms with Gasteiger partial charge >= 0.3 is 44.8 Å². The maximum Gasteiger partial charge on any atom is 3.00 e. The van der Waals surface area contributed by atoms with Crippen LogP contribution in [0.25, 0.3) is 0 Å². The molecule has 0 bridgehead atoms. The van der Waals surface area contributed by atoms with Crippen LogP contribution in [0.3, 0.4) is 0 Å². The van der Waals surface area contributed by atoms with Crippen molar-refractivity contribution in [3.05, 3.63) is 0 Å². The van der Waals surface area contributed by atoms with Crippen molar-refractivity contribution in [3.63, 3.8) is 0 Å². The van der Waals surface area contributed by atoms with Gasteiger partial charge in [-0.25, -0.2) is 0 Å². The van der Waals surface area contributed by atoms with Gasteiger partial charge in [0.1, 0.15) is 0 Å². The molecule has 0 heterocycles. The Labute approximate surface area is 97.4 Å². The fraction of sp³-hybridized carbons (Fsp3) is 0. The summed E-state index contributed by atoms with van der Waals surface area (Å²) in [7, 11) is 0. The first-order valence-electron chi connectivity index (χ1n) is 0. The van der Waals surface area contributed by atoms with Crippen molar-refractivity contribution in [1.82, 2.24) is 0 Å². The topological polar surface area (TPSA) is 0 Å². The van der Waals surface area contributed by atoms with Crippen LogP contribution in [-0.4, -0.2) is 0 Å². The Balaban J connectivity index is 0. The zero-order valence-electron chi connectivity index (χ0n) is 2.24. The maximum atomic E-state index is 0. The molecule has 0 rings (SSSR count). The first-order valence-corrected chi connectivity index (χ1v) is 0. The van der Waals surface area contributed by atoms with E-state index in [4.69, 9.17) is 0 Å². The minimum Gasteiger partial charge on any atom is -2.00 e. The molecule has 0 unspecified atom stereocenters. The van der Waals surface area contributed by atoms with Gasteiger partial charge < -0.3 is 40.5 Å². The molecular weight excluding hydrogens is 522 g/mol. The summed E-state index contributed by atoms with van der Waals surface area (Å²) in [6.45, 7) is 0. The van der Waals surface area contributed by atoms with E-state index in [-0.39, 0.29) is 98.7 Å². The van der Waals surface area contributed by atoms with Crippen LogP contribution in [0.1, 0.15) is 0 Å². The Morgan fingerprint density at radius 2 is 0.500 bits per heavy atom. The molecule has 46 valence electrons. The second-order valence-corrected chi connectivity index (χ2v) is 0. The Hall–Kier alpha value is 2.88. The molecule has 0 aliphatic carbocycles. The number of hydrogen-bond donors (Lipinski definition) is 0. The summed E-state index contributed by atoms with van der Waals surface area (Å²) >= 11 is 0. The van der Waals surface area contributed by atoms with Gasteiger partial charge in [0, 0.05) is 13.5 Å². The van der Waals surface area contributed by atoms with Crippen LogP contribution < -0.4 is 0 Å². The van der Waals surface area contributed by atoms with Gasteiger partial charge in [-0.1, -0.05) is 0 Å². The molecule has 0 nitrogen and oxygen atoms in total. The van der Waals surface area contributed by atoms with Gasteiger partial charge in [0.05, 0.1) is 0 Å². The second-order valence-electron chi connectivity index (χ2n) is 0. The fourth-order valence-corrected chi connectivity index (χ4v) is 0. The van der Waals surface area contributed by atoms with Crippen molar-refractivity contribution in [2.75, 3.05) is 0 Å². The zero-order valence-corrected chi connectivity index (χ0v) is 9.83. The van der Waals surface area contributed by atoms with E-state index in [1.54, 1.807) is 0 Å². The Morgan fingerprint density at radius 3 is 0.500 bits per heavy atom. The van der Waals surface area contributed by atoms with E-state index in [0.717, 1.165) is 0 Å². The summed E-state index contributed by atoms with van der Waals surface area (Å²) in [6.07, 6.45) is 0. The SMILES string of the molecule is [Au+3].[Au+3].[S-2].[S-2].[S-2].[S].